The van der Waals surface area contributed by atoms with Gasteiger partial charge in [-0.1, -0.05) is 13.0 Å². The third kappa shape index (κ3) is 4.13. The molecule has 1 aromatic carbocycles. The van der Waals surface area contributed by atoms with Crippen LogP contribution in [0.5, 0.6) is 0 Å². The van der Waals surface area contributed by atoms with Crippen molar-refractivity contribution in [1.29, 1.82) is 0 Å². The van der Waals surface area contributed by atoms with Gasteiger partial charge in [-0.05, 0) is 43.9 Å². The summed E-state index contributed by atoms with van der Waals surface area (Å²) < 4.78 is 27.7. The number of imidazole rings is 1. The number of carbonyl (C=O) groups is 1. The van der Waals surface area contributed by atoms with Crippen LogP contribution in [-0.2, 0) is 16.6 Å². The molecule has 2 heterocycles. The lowest BCUT2D eigenvalue weighted by Gasteiger charge is -2.31. The number of hydrogen-bond donors (Lipinski definition) is 2. The van der Waals surface area contributed by atoms with Crippen LogP contribution in [0, 0.1) is 12.8 Å². The Kier molecular flexibility index (Phi) is 5.43. The maximum atomic E-state index is 12.7. The van der Waals surface area contributed by atoms with E-state index in [1.807, 2.05) is 6.92 Å². The van der Waals surface area contributed by atoms with Crippen molar-refractivity contribution >= 4 is 15.9 Å². The van der Waals surface area contributed by atoms with Crippen molar-refractivity contribution in [1.82, 2.24) is 19.6 Å². The van der Waals surface area contributed by atoms with Gasteiger partial charge in [-0.2, -0.15) is 0 Å². The molecular weight excluding hydrogens is 352 g/mol. The molecule has 3 rings (SSSR count). The predicted molar refractivity (Wildman–Crippen MR) is 98.1 cm³/mol. The molecule has 0 bridgehead atoms. The van der Waals surface area contributed by atoms with Gasteiger partial charge in [0.25, 0.3) is 5.91 Å². The average molecular weight is 376 g/mol. The minimum absolute atomic E-state index is 0.0848. The van der Waals surface area contributed by atoms with E-state index in [0.29, 0.717) is 23.7 Å². The Morgan fingerprint density at radius 1 is 1.42 bits per heavy atom. The van der Waals surface area contributed by atoms with Crippen molar-refractivity contribution in [3.63, 3.8) is 0 Å². The maximum Gasteiger partial charge on any atom is 0.253 e. The Labute approximate surface area is 153 Å². The van der Waals surface area contributed by atoms with Gasteiger partial charge in [0.1, 0.15) is 0 Å². The lowest BCUT2D eigenvalue weighted by molar-refractivity contribution is 0.0683. The molecule has 1 fully saturated rings. The highest BCUT2D eigenvalue weighted by Crippen LogP contribution is 2.19. The largest absolute Gasteiger partial charge is 0.348 e. The van der Waals surface area contributed by atoms with Gasteiger partial charge < -0.3 is 9.88 Å². The first-order valence-electron chi connectivity index (χ1n) is 8.74. The monoisotopic (exact) mass is 376 g/mol. The summed E-state index contributed by atoms with van der Waals surface area (Å²) in [6, 6.07) is 6.21. The van der Waals surface area contributed by atoms with Gasteiger partial charge in [0, 0.05) is 24.3 Å². The Hall–Kier alpha value is -2.19. The molecule has 0 spiro atoms. The van der Waals surface area contributed by atoms with Crippen molar-refractivity contribution in [2.24, 2.45) is 5.92 Å². The minimum atomic E-state index is -3.73. The molecule has 0 aliphatic carbocycles. The highest BCUT2D eigenvalue weighted by molar-refractivity contribution is 7.89. The van der Waals surface area contributed by atoms with Crippen LogP contribution < -0.4 is 4.72 Å². The number of likely N-dealkylation sites (tertiary alicyclic amines) is 1. The van der Waals surface area contributed by atoms with E-state index in [9.17, 15) is 13.2 Å². The number of H-pyrrole nitrogens is 1. The van der Waals surface area contributed by atoms with Crippen molar-refractivity contribution < 1.29 is 13.2 Å². The second kappa shape index (κ2) is 7.59. The van der Waals surface area contributed by atoms with Gasteiger partial charge in [0.2, 0.25) is 10.0 Å². The molecule has 26 heavy (non-hydrogen) atoms. The first-order chi connectivity index (χ1) is 12.4. The van der Waals surface area contributed by atoms with Crippen LogP contribution in [0.3, 0.4) is 0 Å². The molecule has 140 valence electrons. The summed E-state index contributed by atoms with van der Waals surface area (Å²) in [5, 5.41) is 0. The topological polar surface area (TPSA) is 95.2 Å². The SMILES string of the molecule is Cc1[nH]cnc1CNS(=O)(=O)c1cccc(C(=O)N2CCCC(C)C2)c1. The number of piperidine rings is 1. The van der Waals surface area contributed by atoms with E-state index in [2.05, 4.69) is 21.6 Å². The number of aryl methyl sites for hydroxylation is 1. The molecule has 1 amide bonds. The molecule has 1 saturated heterocycles. The first-order valence-corrected chi connectivity index (χ1v) is 10.2. The third-order valence-corrected chi connectivity index (χ3v) is 6.10. The number of aromatic amines is 1. The highest BCUT2D eigenvalue weighted by atomic mass is 32.2. The van der Waals surface area contributed by atoms with Gasteiger partial charge in [-0.15, -0.1) is 0 Å². The average Bonchev–Trinajstić information content (AvgIpc) is 3.04. The first kappa shape index (κ1) is 18.6. The van der Waals surface area contributed by atoms with E-state index < -0.39 is 10.0 Å². The lowest BCUT2D eigenvalue weighted by atomic mass is 9.99. The van der Waals surface area contributed by atoms with E-state index >= 15 is 0 Å². The number of nitrogens with zero attached hydrogens (tertiary/aromatic N) is 2. The van der Waals surface area contributed by atoms with E-state index in [1.54, 1.807) is 17.0 Å². The van der Waals surface area contributed by atoms with E-state index in [4.69, 9.17) is 0 Å². The molecular formula is C18H24N4O3S. The maximum absolute atomic E-state index is 12.7. The summed E-state index contributed by atoms with van der Waals surface area (Å²) in [5.74, 6) is 0.357. The lowest BCUT2D eigenvalue weighted by Crippen LogP contribution is -2.39. The summed E-state index contributed by atoms with van der Waals surface area (Å²) in [7, 11) is -3.73. The molecule has 1 aliphatic rings. The van der Waals surface area contributed by atoms with Gasteiger partial charge in [0.15, 0.2) is 0 Å². The summed E-state index contributed by atoms with van der Waals surface area (Å²) in [6.45, 7) is 5.49. The summed E-state index contributed by atoms with van der Waals surface area (Å²) in [6.07, 6.45) is 3.63. The van der Waals surface area contributed by atoms with Crippen LogP contribution in [0.25, 0.3) is 0 Å². The van der Waals surface area contributed by atoms with Crippen molar-refractivity contribution in [2.45, 2.75) is 38.1 Å². The zero-order chi connectivity index (χ0) is 18.7. The zero-order valence-corrected chi connectivity index (χ0v) is 15.8. The fourth-order valence-electron chi connectivity index (χ4n) is 3.16. The molecule has 2 aromatic rings. The van der Waals surface area contributed by atoms with Crippen LogP contribution in [0.1, 0.15) is 41.5 Å². The fourth-order valence-corrected chi connectivity index (χ4v) is 4.20. The Morgan fingerprint density at radius 2 is 2.23 bits per heavy atom. The summed E-state index contributed by atoms with van der Waals surface area (Å²) >= 11 is 0. The number of rotatable bonds is 5. The second-order valence-corrected chi connectivity index (χ2v) is 8.59. The van der Waals surface area contributed by atoms with Crippen molar-refractivity contribution in [3.05, 3.63) is 47.5 Å². The molecule has 2 N–H and O–H groups in total. The molecule has 0 radical (unpaired) electrons. The quantitative estimate of drug-likeness (QED) is 0.835. The second-order valence-electron chi connectivity index (χ2n) is 6.83. The van der Waals surface area contributed by atoms with Crippen LogP contribution in [-0.4, -0.2) is 42.3 Å². The van der Waals surface area contributed by atoms with E-state index in [1.165, 1.54) is 18.5 Å². The van der Waals surface area contributed by atoms with E-state index in [0.717, 1.165) is 25.1 Å². The molecule has 1 atom stereocenters. The Bertz CT molecular complexity index is 891. The van der Waals surface area contributed by atoms with Crippen molar-refractivity contribution in [2.75, 3.05) is 13.1 Å². The van der Waals surface area contributed by atoms with Crippen LogP contribution in [0.2, 0.25) is 0 Å². The fraction of sp³-hybridized carbons (Fsp3) is 0.444. The van der Waals surface area contributed by atoms with Gasteiger partial charge >= 0.3 is 0 Å². The van der Waals surface area contributed by atoms with Crippen LogP contribution in [0.15, 0.2) is 35.5 Å². The molecule has 7 nitrogen and oxygen atoms in total. The predicted octanol–water partition coefficient (Wildman–Crippen LogP) is 2.07. The molecule has 8 heteroatoms. The van der Waals surface area contributed by atoms with Crippen LogP contribution in [0.4, 0.5) is 0 Å². The number of amides is 1. The summed E-state index contributed by atoms with van der Waals surface area (Å²) in [5.41, 5.74) is 1.86. The Balaban J connectivity index is 1.75. The number of carbonyl (C=O) groups excluding carboxylic acids is 1. The van der Waals surface area contributed by atoms with Crippen LogP contribution >= 0.6 is 0 Å². The number of benzene rings is 1. The number of sulfonamides is 1. The standard InChI is InChI=1S/C18H24N4O3S/c1-13-5-4-8-22(11-13)18(23)15-6-3-7-16(9-15)26(24,25)21-10-17-14(2)19-12-20-17/h3,6-7,9,12-13,21H,4-5,8,10-11H2,1-2H3,(H,19,20). The van der Waals surface area contributed by atoms with Gasteiger partial charge in [-0.25, -0.2) is 18.1 Å². The van der Waals surface area contributed by atoms with Gasteiger partial charge in [-0.3, -0.25) is 4.79 Å². The highest BCUT2D eigenvalue weighted by Gasteiger charge is 2.23. The molecule has 1 unspecified atom stereocenters. The normalized spacial score (nSPS) is 18.1. The smallest absolute Gasteiger partial charge is 0.253 e. The minimum Gasteiger partial charge on any atom is -0.348 e. The molecule has 0 saturated carbocycles. The van der Waals surface area contributed by atoms with E-state index in [-0.39, 0.29) is 17.3 Å². The third-order valence-electron chi connectivity index (χ3n) is 4.70. The number of aromatic nitrogens is 2. The zero-order valence-electron chi connectivity index (χ0n) is 15.0. The number of hydrogen-bond acceptors (Lipinski definition) is 4. The Morgan fingerprint density at radius 3 is 2.92 bits per heavy atom. The molecule has 1 aromatic heterocycles. The summed E-state index contributed by atoms with van der Waals surface area (Å²) in [4.78, 5) is 21.6. The number of nitrogens with one attached hydrogen (secondary N) is 2. The molecule has 1 aliphatic heterocycles. The van der Waals surface area contributed by atoms with Crippen molar-refractivity contribution in [3.8, 4) is 0 Å². The van der Waals surface area contributed by atoms with Gasteiger partial charge in [0.05, 0.1) is 23.5 Å².